The van der Waals surface area contributed by atoms with Crippen LogP contribution in [-0.4, -0.2) is 42.0 Å². The summed E-state index contributed by atoms with van der Waals surface area (Å²) < 4.78 is 6.65. The molecule has 1 unspecified atom stereocenters. The van der Waals surface area contributed by atoms with Gasteiger partial charge >= 0.3 is 0 Å². The summed E-state index contributed by atoms with van der Waals surface area (Å²) in [6, 6.07) is 3.42. The highest BCUT2D eigenvalue weighted by Gasteiger charge is 2.61. The summed E-state index contributed by atoms with van der Waals surface area (Å²) in [7, 11) is 0. The van der Waals surface area contributed by atoms with Crippen LogP contribution in [0, 0.1) is 5.41 Å². The molecular weight excluding hydrogens is 356 g/mol. The fourth-order valence-electron chi connectivity index (χ4n) is 6.78. The van der Waals surface area contributed by atoms with Crippen LogP contribution in [0.3, 0.4) is 0 Å². The predicted molar refractivity (Wildman–Crippen MR) is 118 cm³/mol. The van der Waals surface area contributed by atoms with Crippen LogP contribution in [0.4, 0.5) is 0 Å². The van der Waals surface area contributed by atoms with Crippen molar-refractivity contribution in [1.82, 2.24) is 9.80 Å². The van der Waals surface area contributed by atoms with Crippen molar-refractivity contribution in [3.05, 3.63) is 53.5 Å². The zero-order valence-corrected chi connectivity index (χ0v) is 17.6. The Bertz CT molecular complexity index is 862. The van der Waals surface area contributed by atoms with E-state index in [1.165, 1.54) is 81.7 Å². The third-order valence-corrected chi connectivity index (χ3v) is 8.02. The topological polar surface area (TPSA) is 19.6 Å². The lowest BCUT2D eigenvalue weighted by Gasteiger charge is -2.41. The lowest BCUT2D eigenvalue weighted by molar-refractivity contribution is 0.120. The third-order valence-electron chi connectivity index (χ3n) is 8.02. The average molecular weight is 391 g/mol. The summed E-state index contributed by atoms with van der Waals surface area (Å²) in [6.45, 7) is 4.77. The molecule has 1 fully saturated rings. The second-order valence-electron chi connectivity index (χ2n) is 9.84. The van der Waals surface area contributed by atoms with E-state index < -0.39 is 0 Å². The van der Waals surface area contributed by atoms with Gasteiger partial charge in [-0.25, -0.2) is 0 Å². The van der Waals surface area contributed by atoms with Crippen molar-refractivity contribution in [2.24, 2.45) is 5.41 Å². The van der Waals surface area contributed by atoms with E-state index in [0.29, 0.717) is 12.1 Å². The Balaban J connectivity index is 1.45. The van der Waals surface area contributed by atoms with Gasteiger partial charge in [0.05, 0.1) is 6.04 Å². The van der Waals surface area contributed by atoms with E-state index in [2.05, 4.69) is 46.2 Å². The minimum absolute atomic E-state index is 0.239. The second-order valence-corrected chi connectivity index (χ2v) is 9.84. The smallest absolute Gasteiger partial charge is 0.129 e. The van der Waals surface area contributed by atoms with Gasteiger partial charge in [0.15, 0.2) is 0 Å². The summed E-state index contributed by atoms with van der Waals surface area (Å²) in [4.78, 5) is 5.54. The highest BCUT2D eigenvalue weighted by molar-refractivity contribution is 5.80. The van der Waals surface area contributed by atoms with Gasteiger partial charge in [0, 0.05) is 36.5 Å². The van der Waals surface area contributed by atoms with E-state index in [9.17, 15) is 0 Å². The van der Waals surface area contributed by atoms with Gasteiger partial charge in [-0.1, -0.05) is 30.4 Å². The normalized spacial score (nSPS) is 39.0. The second kappa shape index (κ2) is 7.28. The predicted octanol–water partition coefficient (Wildman–Crippen LogP) is 5.51. The maximum Gasteiger partial charge on any atom is 0.129 e. The minimum Gasteiger partial charge on any atom is -0.464 e. The van der Waals surface area contributed by atoms with Crippen LogP contribution in [0.5, 0.6) is 0 Å². The van der Waals surface area contributed by atoms with Gasteiger partial charge in [0.25, 0.3) is 0 Å². The van der Waals surface area contributed by atoms with Crippen molar-refractivity contribution >= 4 is 5.57 Å². The third kappa shape index (κ3) is 2.92. The molecule has 3 nitrogen and oxygen atoms in total. The zero-order valence-electron chi connectivity index (χ0n) is 17.6. The fraction of sp³-hybridized carbons (Fsp3) is 0.615. The van der Waals surface area contributed by atoms with E-state index in [4.69, 9.17) is 4.42 Å². The Morgan fingerprint density at radius 1 is 0.966 bits per heavy atom. The first kappa shape index (κ1) is 18.2. The molecule has 4 atom stereocenters. The number of hydrogen-bond acceptors (Lipinski definition) is 3. The molecule has 7 heterocycles. The molecule has 3 heteroatoms. The van der Waals surface area contributed by atoms with E-state index in [1.807, 2.05) is 0 Å². The minimum atomic E-state index is 0.239. The highest BCUT2D eigenvalue weighted by Crippen LogP contribution is 2.65. The van der Waals surface area contributed by atoms with Gasteiger partial charge in [-0.15, -0.1) is 0 Å². The van der Waals surface area contributed by atoms with Crippen LogP contribution >= 0.6 is 0 Å². The number of allylic oxidation sites excluding steroid dienone is 3. The summed E-state index contributed by atoms with van der Waals surface area (Å²) in [5, 5.41) is 0. The summed E-state index contributed by atoms with van der Waals surface area (Å²) >= 11 is 0. The molecule has 0 aromatic carbocycles. The monoisotopic (exact) mass is 390 g/mol. The number of fused-ring (bicyclic) bond motifs is 2. The first-order valence-corrected chi connectivity index (χ1v) is 12.0. The Morgan fingerprint density at radius 3 is 2.79 bits per heavy atom. The molecular formula is C26H34N2O. The molecule has 6 bridgehead atoms. The molecule has 6 aliphatic heterocycles. The molecule has 1 aromatic rings. The number of aryl methyl sites for hydroxylation is 1. The number of rotatable bonds is 0. The fourth-order valence-corrected chi connectivity index (χ4v) is 6.78. The lowest BCUT2D eigenvalue weighted by Crippen LogP contribution is -2.43. The number of furan rings is 1. The first-order valence-electron chi connectivity index (χ1n) is 12.0. The van der Waals surface area contributed by atoms with Crippen LogP contribution in [0.2, 0.25) is 0 Å². The van der Waals surface area contributed by atoms with Crippen LogP contribution in [-0.2, 0) is 6.42 Å². The van der Waals surface area contributed by atoms with Gasteiger partial charge in [-0.05, 0) is 76.1 Å². The van der Waals surface area contributed by atoms with Gasteiger partial charge < -0.3 is 4.42 Å². The standard InChI is InChI=1S/C26H34N2O/c1-2-5-9-14-27-16-13-23-22-17-21(12-8-3-1)29-24(22)25-26(23,19-27)18-20-11-7-4-6-10-15-28(20)25/h1,3,7,11,13,17,20,25H,2,4-6,8-10,12,14-16,18-19H2/b3-1-,11-7-/t20-,25-,26-/m0/s1. The van der Waals surface area contributed by atoms with E-state index >= 15 is 0 Å². The van der Waals surface area contributed by atoms with Crippen LogP contribution < -0.4 is 0 Å². The van der Waals surface area contributed by atoms with Crippen molar-refractivity contribution in [2.45, 2.75) is 69.9 Å². The highest BCUT2D eigenvalue weighted by atomic mass is 16.3. The number of hydrogen-bond donors (Lipinski definition) is 0. The van der Waals surface area contributed by atoms with Gasteiger partial charge in [0.2, 0.25) is 0 Å². The number of nitrogens with zero attached hydrogens (tertiary/aromatic N) is 2. The molecule has 7 aliphatic rings. The van der Waals surface area contributed by atoms with Gasteiger partial charge in [-0.3, -0.25) is 9.80 Å². The average Bonchev–Trinajstić information content (AvgIpc) is 3.29. The molecule has 1 spiro atoms. The van der Waals surface area contributed by atoms with Crippen LogP contribution in [0.25, 0.3) is 5.57 Å². The lowest BCUT2D eigenvalue weighted by atomic mass is 9.73. The summed E-state index contributed by atoms with van der Waals surface area (Å²) in [5.41, 5.74) is 3.31. The van der Waals surface area contributed by atoms with Crippen LogP contribution in [0.1, 0.15) is 74.5 Å². The molecule has 0 N–H and O–H groups in total. The van der Waals surface area contributed by atoms with E-state index in [0.717, 1.165) is 19.4 Å². The molecule has 29 heavy (non-hydrogen) atoms. The zero-order chi connectivity index (χ0) is 19.3. The molecule has 0 amide bonds. The molecule has 0 radical (unpaired) electrons. The van der Waals surface area contributed by atoms with E-state index in [-0.39, 0.29) is 5.41 Å². The summed E-state index contributed by atoms with van der Waals surface area (Å²) in [5.74, 6) is 2.49. The van der Waals surface area contributed by atoms with Gasteiger partial charge in [0.1, 0.15) is 11.5 Å². The first-order chi connectivity index (χ1) is 14.4. The van der Waals surface area contributed by atoms with Crippen molar-refractivity contribution < 1.29 is 4.42 Å². The van der Waals surface area contributed by atoms with Gasteiger partial charge in [-0.2, -0.15) is 0 Å². The maximum atomic E-state index is 6.65. The molecule has 8 rings (SSSR count). The summed E-state index contributed by atoms with van der Waals surface area (Å²) in [6.07, 6.45) is 23.4. The van der Waals surface area contributed by atoms with Crippen molar-refractivity contribution in [2.75, 3.05) is 26.2 Å². The quantitative estimate of drug-likeness (QED) is 0.545. The van der Waals surface area contributed by atoms with Crippen molar-refractivity contribution in [3.8, 4) is 0 Å². The molecule has 1 saturated heterocycles. The Kier molecular flexibility index (Phi) is 4.57. The molecule has 1 aliphatic carbocycles. The molecule has 154 valence electrons. The van der Waals surface area contributed by atoms with E-state index in [1.54, 1.807) is 5.57 Å². The Labute approximate surface area is 175 Å². The van der Waals surface area contributed by atoms with Crippen molar-refractivity contribution in [1.29, 1.82) is 0 Å². The SMILES string of the molecule is C1=C2c3cc4oc3[C@@H]3N5CCCC/C=C\[C@H]5C[C@]23CN(C1)CCCC/C=C\CC4. The Morgan fingerprint density at radius 2 is 1.83 bits per heavy atom. The maximum absolute atomic E-state index is 6.65. The molecule has 0 saturated carbocycles. The van der Waals surface area contributed by atoms with Crippen molar-refractivity contribution in [3.63, 3.8) is 0 Å². The Hall–Kier alpha value is -1.58. The largest absolute Gasteiger partial charge is 0.464 e. The van der Waals surface area contributed by atoms with Crippen LogP contribution in [0.15, 0.2) is 40.9 Å². The molecule has 1 aromatic heterocycles.